The highest BCUT2D eigenvalue weighted by molar-refractivity contribution is 5.82. The maximum absolute atomic E-state index is 11.8. The molecule has 0 heterocycles. The molecular formula is C14H26O4. The molecule has 4 heteroatoms. The van der Waals surface area contributed by atoms with E-state index in [2.05, 4.69) is 0 Å². The molecule has 4 nitrogen and oxygen atoms in total. The molecule has 0 fully saturated rings. The molecule has 0 aliphatic carbocycles. The van der Waals surface area contributed by atoms with E-state index in [1.54, 1.807) is 13.8 Å². The second-order valence-corrected chi connectivity index (χ2v) is 5.12. The monoisotopic (exact) mass is 258 g/mol. The zero-order valence-electron chi connectivity index (χ0n) is 12.1. The Bertz CT molecular complexity index is 259. The molecule has 0 aromatic carbocycles. The van der Waals surface area contributed by atoms with E-state index in [1.807, 2.05) is 13.8 Å². The lowest BCUT2D eigenvalue weighted by Crippen LogP contribution is -2.30. The van der Waals surface area contributed by atoms with Crippen molar-refractivity contribution in [2.75, 3.05) is 13.2 Å². The smallest absolute Gasteiger partial charge is 0.312 e. The molecule has 0 N–H and O–H groups in total. The van der Waals surface area contributed by atoms with Gasteiger partial charge in [0.05, 0.1) is 25.0 Å². The molecule has 0 amide bonds. The molecular weight excluding hydrogens is 232 g/mol. The summed E-state index contributed by atoms with van der Waals surface area (Å²) >= 11 is 0. The number of hydrogen-bond donors (Lipinski definition) is 0. The zero-order chi connectivity index (χ0) is 14.0. The van der Waals surface area contributed by atoms with Crippen LogP contribution in [0.2, 0.25) is 0 Å². The molecule has 0 bridgehead atoms. The predicted octanol–water partition coefficient (Wildman–Crippen LogP) is 3.09. The van der Waals surface area contributed by atoms with E-state index >= 15 is 0 Å². The molecule has 106 valence electrons. The van der Waals surface area contributed by atoms with Gasteiger partial charge < -0.3 is 9.47 Å². The highest BCUT2D eigenvalue weighted by Gasteiger charge is 2.32. The number of unbranched alkanes of at least 4 members (excludes halogenated alkanes) is 2. The third-order valence-corrected chi connectivity index (χ3v) is 2.63. The molecule has 0 aliphatic rings. The summed E-state index contributed by atoms with van der Waals surface area (Å²) in [7, 11) is 0. The van der Waals surface area contributed by atoms with Crippen molar-refractivity contribution in [3.05, 3.63) is 0 Å². The van der Waals surface area contributed by atoms with Gasteiger partial charge in [0.2, 0.25) is 0 Å². The molecule has 0 aliphatic heterocycles. The Morgan fingerprint density at radius 1 is 0.944 bits per heavy atom. The third kappa shape index (κ3) is 7.30. The van der Waals surface area contributed by atoms with Crippen LogP contribution >= 0.6 is 0 Å². The van der Waals surface area contributed by atoms with Crippen molar-refractivity contribution in [2.24, 2.45) is 5.41 Å². The minimum Gasteiger partial charge on any atom is -0.466 e. The lowest BCUT2D eigenvalue weighted by Gasteiger charge is -2.21. The molecule has 0 aromatic heterocycles. The highest BCUT2D eigenvalue weighted by Crippen LogP contribution is 2.23. The SMILES string of the molecule is CCCCOC(=O)CC(C)(C)C(=O)OCCCC. The fourth-order valence-corrected chi connectivity index (χ4v) is 1.32. The van der Waals surface area contributed by atoms with E-state index < -0.39 is 5.41 Å². The van der Waals surface area contributed by atoms with Crippen LogP contribution in [0.1, 0.15) is 59.8 Å². The summed E-state index contributed by atoms with van der Waals surface area (Å²) in [6.45, 7) is 8.33. The number of rotatable bonds is 9. The number of carbonyl (C=O) groups is 2. The Morgan fingerprint density at radius 3 is 1.94 bits per heavy atom. The van der Waals surface area contributed by atoms with Crippen LogP contribution in [0.25, 0.3) is 0 Å². The van der Waals surface area contributed by atoms with Crippen LogP contribution in [0.3, 0.4) is 0 Å². The van der Waals surface area contributed by atoms with E-state index in [-0.39, 0.29) is 18.4 Å². The van der Waals surface area contributed by atoms with Crippen molar-refractivity contribution >= 4 is 11.9 Å². The maximum Gasteiger partial charge on any atom is 0.312 e. The normalized spacial score (nSPS) is 11.1. The maximum atomic E-state index is 11.8. The minimum atomic E-state index is -0.808. The highest BCUT2D eigenvalue weighted by atomic mass is 16.5. The first-order valence-corrected chi connectivity index (χ1v) is 6.77. The average Bonchev–Trinajstić information content (AvgIpc) is 2.28. The van der Waals surface area contributed by atoms with Crippen LogP contribution < -0.4 is 0 Å². The van der Waals surface area contributed by atoms with Crippen molar-refractivity contribution in [3.63, 3.8) is 0 Å². The van der Waals surface area contributed by atoms with Crippen molar-refractivity contribution in [3.8, 4) is 0 Å². The van der Waals surface area contributed by atoms with Crippen LogP contribution in [0, 0.1) is 5.41 Å². The largest absolute Gasteiger partial charge is 0.466 e. The number of ether oxygens (including phenoxy) is 2. The first-order valence-electron chi connectivity index (χ1n) is 6.77. The lowest BCUT2D eigenvalue weighted by atomic mass is 9.89. The Morgan fingerprint density at radius 2 is 1.44 bits per heavy atom. The van der Waals surface area contributed by atoms with Crippen LogP contribution in [0.5, 0.6) is 0 Å². The van der Waals surface area contributed by atoms with Gasteiger partial charge in [0.1, 0.15) is 0 Å². The second kappa shape index (κ2) is 8.95. The van der Waals surface area contributed by atoms with Crippen LogP contribution in [0.15, 0.2) is 0 Å². The van der Waals surface area contributed by atoms with E-state index in [1.165, 1.54) is 0 Å². The van der Waals surface area contributed by atoms with E-state index in [9.17, 15) is 9.59 Å². The van der Waals surface area contributed by atoms with Gasteiger partial charge in [-0.05, 0) is 26.7 Å². The van der Waals surface area contributed by atoms with Crippen molar-refractivity contribution in [1.82, 2.24) is 0 Å². The Balaban J connectivity index is 4.03. The summed E-state index contributed by atoms with van der Waals surface area (Å²) in [4.78, 5) is 23.3. The van der Waals surface area contributed by atoms with Crippen LogP contribution in [-0.2, 0) is 19.1 Å². The van der Waals surface area contributed by atoms with Crippen molar-refractivity contribution in [1.29, 1.82) is 0 Å². The summed E-state index contributed by atoms with van der Waals surface area (Å²) in [6.07, 6.45) is 3.74. The molecule has 0 saturated carbocycles. The van der Waals surface area contributed by atoms with Crippen molar-refractivity contribution < 1.29 is 19.1 Å². The molecule has 0 aromatic rings. The van der Waals surface area contributed by atoms with Gasteiger partial charge in [0.25, 0.3) is 0 Å². The first-order chi connectivity index (χ1) is 8.44. The summed E-state index contributed by atoms with van der Waals surface area (Å²) in [5.41, 5.74) is -0.808. The first kappa shape index (κ1) is 16.9. The molecule has 18 heavy (non-hydrogen) atoms. The van der Waals surface area contributed by atoms with Gasteiger partial charge in [-0.25, -0.2) is 0 Å². The molecule has 0 saturated heterocycles. The molecule has 0 rings (SSSR count). The Kier molecular flexibility index (Phi) is 8.42. The van der Waals surface area contributed by atoms with Gasteiger partial charge in [-0.3, -0.25) is 9.59 Å². The fraction of sp³-hybridized carbons (Fsp3) is 0.857. The van der Waals surface area contributed by atoms with Gasteiger partial charge in [-0.2, -0.15) is 0 Å². The van der Waals surface area contributed by atoms with Gasteiger partial charge >= 0.3 is 11.9 Å². The summed E-state index contributed by atoms with van der Waals surface area (Å²) in [6, 6.07) is 0. The Hall–Kier alpha value is -1.06. The topological polar surface area (TPSA) is 52.6 Å². The van der Waals surface area contributed by atoms with Gasteiger partial charge in [-0.1, -0.05) is 26.7 Å². The van der Waals surface area contributed by atoms with Gasteiger partial charge in [-0.15, -0.1) is 0 Å². The summed E-state index contributed by atoms with van der Waals surface area (Å²) in [5.74, 6) is -0.663. The van der Waals surface area contributed by atoms with Crippen LogP contribution in [-0.4, -0.2) is 25.2 Å². The summed E-state index contributed by atoms with van der Waals surface area (Å²) in [5, 5.41) is 0. The molecule has 0 spiro atoms. The zero-order valence-corrected chi connectivity index (χ0v) is 12.1. The van der Waals surface area contributed by atoms with E-state index in [0.29, 0.717) is 13.2 Å². The predicted molar refractivity (Wildman–Crippen MR) is 70.1 cm³/mol. The average molecular weight is 258 g/mol. The number of carbonyl (C=O) groups excluding carboxylic acids is 2. The minimum absolute atomic E-state index is 0.0711. The molecule has 0 unspecified atom stereocenters. The van der Waals surface area contributed by atoms with Crippen molar-refractivity contribution in [2.45, 2.75) is 59.8 Å². The van der Waals surface area contributed by atoms with E-state index in [0.717, 1.165) is 25.7 Å². The number of esters is 2. The fourth-order valence-electron chi connectivity index (χ4n) is 1.32. The third-order valence-electron chi connectivity index (χ3n) is 2.63. The molecule has 0 atom stereocenters. The lowest BCUT2D eigenvalue weighted by molar-refractivity contribution is -0.160. The quantitative estimate of drug-likeness (QED) is 0.471. The van der Waals surface area contributed by atoms with Gasteiger partial charge in [0.15, 0.2) is 0 Å². The van der Waals surface area contributed by atoms with E-state index in [4.69, 9.17) is 9.47 Å². The molecule has 0 radical (unpaired) electrons. The van der Waals surface area contributed by atoms with Gasteiger partial charge in [0, 0.05) is 0 Å². The van der Waals surface area contributed by atoms with Crippen LogP contribution in [0.4, 0.5) is 0 Å². The number of hydrogen-bond acceptors (Lipinski definition) is 4. The standard InChI is InChI=1S/C14H26O4/c1-5-7-9-17-12(15)11-14(3,4)13(16)18-10-8-6-2/h5-11H2,1-4H3. The Labute approximate surface area is 110 Å². The summed E-state index contributed by atoms with van der Waals surface area (Å²) < 4.78 is 10.2. The second-order valence-electron chi connectivity index (χ2n) is 5.12.